The molecule has 258 valence electrons. The molecule has 0 spiro atoms. The molecule has 2 fully saturated rings. The van der Waals surface area contributed by atoms with Crippen LogP contribution >= 0.6 is 0 Å². The van der Waals surface area contributed by atoms with Crippen molar-refractivity contribution in [3.05, 3.63) is 94.3 Å². The van der Waals surface area contributed by atoms with Crippen LogP contribution in [0.2, 0.25) is 20.9 Å². The number of hydrogen-bond acceptors (Lipinski definition) is 3. The van der Waals surface area contributed by atoms with Crippen LogP contribution in [-0.2, 0) is 11.0 Å². The third kappa shape index (κ3) is 6.10. The number of aryl methyl sites for hydroxylation is 2. The lowest BCUT2D eigenvalue weighted by Crippen LogP contribution is -2.57. The first-order valence-corrected chi connectivity index (χ1v) is 17.8. The lowest BCUT2D eigenvalue weighted by molar-refractivity contribution is -0.138. The molecule has 2 aliphatic rings. The maximum absolute atomic E-state index is 15.2. The van der Waals surface area contributed by atoms with E-state index >= 15 is 4.39 Å². The fourth-order valence-electron chi connectivity index (χ4n) is 9.16. The van der Waals surface area contributed by atoms with E-state index in [0.717, 1.165) is 11.8 Å². The van der Waals surface area contributed by atoms with Crippen LogP contribution in [0.3, 0.4) is 0 Å². The first-order valence-electron chi connectivity index (χ1n) is 17.8. The summed E-state index contributed by atoms with van der Waals surface area (Å²) in [6, 6.07) is 15.1. The smallest absolute Gasteiger partial charge is 0.389 e. The highest BCUT2D eigenvalue weighted by molar-refractivity contribution is 6.71. The standard InChI is InChI=1S/C33H44B9F4N3O2/c1-16-8-11-20(15-22(16)28(44,45)46)47-26(50)21-6-4-14-49(27(51)24-17(2)5-3-7-23(24)43)25(21)18-9-12-19(13-10-18)48-33(42)31(38,39)29(34,35)30(36,37)32(33,40)41/h3,5,7-13,15,21,25,48H,4,6,14,34-42H2,1-2H3,(H,47,50)/t21-,25-/m0/s1. The third-order valence-electron chi connectivity index (χ3n) is 14.3. The van der Waals surface area contributed by atoms with Gasteiger partial charge in [0.05, 0.1) is 85.9 Å². The molecule has 3 aromatic carbocycles. The van der Waals surface area contributed by atoms with Gasteiger partial charge in [0.25, 0.3) is 5.91 Å². The van der Waals surface area contributed by atoms with Crippen LogP contribution in [0.5, 0.6) is 0 Å². The van der Waals surface area contributed by atoms with Crippen molar-refractivity contribution in [1.29, 1.82) is 0 Å². The molecule has 0 aromatic heterocycles. The van der Waals surface area contributed by atoms with Crippen LogP contribution in [0, 0.1) is 25.6 Å². The quantitative estimate of drug-likeness (QED) is 0.258. The number of alkyl halides is 3. The van der Waals surface area contributed by atoms with Gasteiger partial charge in [-0.1, -0.05) is 40.8 Å². The summed E-state index contributed by atoms with van der Waals surface area (Å²) in [6.45, 7) is 3.33. The highest BCUT2D eigenvalue weighted by Crippen LogP contribution is 2.79. The van der Waals surface area contributed by atoms with Gasteiger partial charge in [-0.3, -0.25) is 9.59 Å². The predicted octanol–water partition coefficient (Wildman–Crippen LogP) is -1.02. The minimum atomic E-state index is -4.58. The first kappa shape index (κ1) is 38.9. The van der Waals surface area contributed by atoms with Crippen LogP contribution in [0.15, 0.2) is 60.7 Å². The average molecular weight is 688 g/mol. The fraction of sp³-hybridized carbons (Fsp3) is 0.394. The van der Waals surface area contributed by atoms with Gasteiger partial charge < -0.3 is 15.5 Å². The van der Waals surface area contributed by atoms with Gasteiger partial charge in [-0.05, 0) is 79.1 Å². The molecule has 1 aliphatic carbocycles. The van der Waals surface area contributed by atoms with Gasteiger partial charge in [0.1, 0.15) is 13.7 Å². The predicted molar refractivity (Wildman–Crippen MR) is 223 cm³/mol. The van der Waals surface area contributed by atoms with Crippen molar-refractivity contribution < 1.29 is 27.2 Å². The molecule has 1 saturated heterocycles. The van der Waals surface area contributed by atoms with Crippen LogP contribution in [0.4, 0.5) is 28.9 Å². The summed E-state index contributed by atoms with van der Waals surface area (Å²) in [4.78, 5) is 29.7. The van der Waals surface area contributed by atoms with Crippen molar-refractivity contribution in [2.75, 3.05) is 17.2 Å². The molecule has 3 aromatic rings. The van der Waals surface area contributed by atoms with Crippen LogP contribution < -0.4 is 10.6 Å². The third-order valence-corrected chi connectivity index (χ3v) is 14.3. The zero-order valence-corrected chi connectivity index (χ0v) is 31.8. The van der Waals surface area contributed by atoms with Crippen molar-refractivity contribution >= 4 is 93.8 Å². The Labute approximate surface area is 307 Å². The molecule has 0 unspecified atom stereocenters. The van der Waals surface area contributed by atoms with E-state index in [2.05, 4.69) is 81.3 Å². The van der Waals surface area contributed by atoms with Crippen LogP contribution in [0.1, 0.15) is 51.5 Å². The SMILES string of the molecule is BC1(B)C(B)(B)C(B)(B)C(B)(Nc2ccc([C@H]3[C@@H](C(=O)Nc4ccc(C)c(C(F)(F)F)c4)CCCN3C(=O)c3c(C)cccc3F)cc2)C1(B)B. The zero-order valence-electron chi connectivity index (χ0n) is 31.8. The first-order chi connectivity index (χ1) is 23.4. The Morgan fingerprint density at radius 1 is 0.784 bits per heavy atom. The molecule has 0 radical (unpaired) electrons. The monoisotopic (exact) mass is 689 g/mol. The van der Waals surface area contributed by atoms with Gasteiger partial charge in [0, 0.05) is 17.9 Å². The van der Waals surface area contributed by atoms with Crippen molar-refractivity contribution in [2.45, 2.75) is 65.2 Å². The summed E-state index contributed by atoms with van der Waals surface area (Å²) in [6.07, 6.45) is -3.73. The Kier molecular flexibility index (Phi) is 9.90. The summed E-state index contributed by atoms with van der Waals surface area (Å²) >= 11 is 0. The van der Waals surface area contributed by atoms with E-state index in [4.69, 9.17) is 0 Å². The second kappa shape index (κ2) is 13.0. The molecular weight excluding hydrogens is 644 g/mol. The number of likely N-dealkylation sites (tertiary alicyclic amines) is 1. The van der Waals surface area contributed by atoms with E-state index < -0.39 is 41.3 Å². The number of carbonyl (C=O) groups is 2. The topological polar surface area (TPSA) is 61.4 Å². The Hall–Kier alpha value is -3.30. The lowest BCUT2D eigenvalue weighted by atomic mass is 9.17. The van der Waals surface area contributed by atoms with Gasteiger partial charge in [-0.15, -0.1) is 10.4 Å². The van der Waals surface area contributed by atoms with E-state index in [1.165, 1.54) is 25.1 Å². The Morgan fingerprint density at radius 2 is 1.35 bits per heavy atom. The van der Waals surface area contributed by atoms with E-state index in [9.17, 15) is 22.8 Å². The molecule has 2 atom stereocenters. The number of hydrogen-bond donors (Lipinski definition) is 2. The van der Waals surface area contributed by atoms with Gasteiger partial charge >= 0.3 is 6.18 Å². The second-order valence-corrected chi connectivity index (χ2v) is 17.0. The maximum atomic E-state index is 15.2. The Balaban J connectivity index is 1.54. The van der Waals surface area contributed by atoms with Crippen molar-refractivity contribution in [3.63, 3.8) is 0 Å². The lowest BCUT2D eigenvalue weighted by Gasteiger charge is -2.53. The van der Waals surface area contributed by atoms with E-state index in [-0.39, 0.29) is 49.7 Å². The van der Waals surface area contributed by atoms with Gasteiger partial charge in [-0.25, -0.2) is 4.39 Å². The number of carbonyl (C=O) groups excluding carboxylic acids is 2. The van der Waals surface area contributed by atoms with E-state index in [0.29, 0.717) is 24.0 Å². The molecule has 2 N–H and O–H groups in total. The van der Waals surface area contributed by atoms with Crippen LogP contribution in [-0.4, -0.2) is 99.3 Å². The van der Waals surface area contributed by atoms with Crippen molar-refractivity contribution in [1.82, 2.24) is 4.90 Å². The number of nitrogens with one attached hydrogen (secondary N) is 2. The average Bonchev–Trinajstić information content (AvgIpc) is 3.09. The zero-order chi connectivity index (χ0) is 38.1. The summed E-state index contributed by atoms with van der Waals surface area (Å²) in [5, 5.41) is 6.27. The van der Waals surface area contributed by atoms with Gasteiger partial charge in [-0.2, -0.15) is 13.2 Å². The van der Waals surface area contributed by atoms with Gasteiger partial charge in [0.15, 0.2) is 0 Å². The number of anilines is 2. The van der Waals surface area contributed by atoms with Gasteiger partial charge in [0.2, 0.25) is 5.91 Å². The van der Waals surface area contributed by atoms with Crippen molar-refractivity contribution in [3.8, 4) is 0 Å². The van der Waals surface area contributed by atoms with Crippen LogP contribution in [0.25, 0.3) is 0 Å². The molecule has 51 heavy (non-hydrogen) atoms. The number of amides is 2. The Bertz CT molecular complexity index is 1810. The largest absolute Gasteiger partial charge is 0.416 e. The number of halogens is 4. The molecule has 1 aliphatic heterocycles. The maximum Gasteiger partial charge on any atom is 0.416 e. The number of piperidine rings is 1. The highest BCUT2D eigenvalue weighted by atomic mass is 19.4. The number of rotatable bonds is 6. The van der Waals surface area contributed by atoms with E-state index in [1.807, 2.05) is 24.3 Å². The van der Waals surface area contributed by atoms with Crippen molar-refractivity contribution in [2.24, 2.45) is 5.92 Å². The molecule has 5 nitrogen and oxygen atoms in total. The number of benzene rings is 3. The number of nitrogens with zero attached hydrogens (tertiary/aromatic N) is 1. The normalized spacial score (nSPS) is 22.9. The fourth-order valence-corrected chi connectivity index (χ4v) is 9.16. The van der Waals surface area contributed by atoms with E-state index in [1.54, 1.807) is 24.0 Å². The molecule has 0 bridgehead atoms. The molecule has 2 amide bonds. The Morgan fingerprint density at radius 3 is 1.90 bits per heavy atom. The molecule has 18 heteroatoms. The minimum absolute atomic E-state index is 0.0190. The summed E-state index contributed by atoms with van der Waals surface area (Å²) < 4.78 is 56.4. The molecule has 1 heterocycles. The molecule has 1 saturated carbocycles. The minimum Gasteiger partial charge on any atom is -0.389 e. The molecular formula is C33H44B9F4N3O2. The second-order valence-electron chi connectivity index (χ2n) is 17.0. The highest BCUT2D eigenvalue weighted by Gasteiger charge is 2.71. The summed E-state index contributed by atoms with van der Waals surface area (Å²) in [7, 11) is 20.9. The summed E-state index contributed by atoms with van der Waals surface area (Å²) in [5.41, 5.74) is 0.884. The molecule has 5 rings (SSSR count). The summed E-state index contributed by atoms with van der Waals surface area (Å²) in [5.74, 6) is -2.49.